The zero-order chi connectivity index (χ0) is 22.1. The average molecular weight is 415 g/mol. The van der Waals surface area contributed by atoms with Gasteiger partial charge in [0, 0.05) is 17.2 Å². The van der Waals surface area contributed by atoms with E-state index >= 15 is 0 Å². The lowest BCUT2D eigenvalue weighted by Crippen LogP contribution is -2.17. The van der Waals surface area contributed by atoms with Crippen LogP contribution in [0.2, 0.25) is 0 Å². The van der Waals surface area contributed by atoms with Crippen LogP contribution in [0.15, 0.2) is 71.8 Å². The van der Waals surface area contributed by atoms with Gasteiger partial charge in [-0.05, 0) is 42.0 Å². The van der Waals surface area contributed by atoms with Gasteiger partial charge < -0.3 is 14.2 Å². The van der Waals surface area contributed by atoms with Crippen LogP contribution in [-0.4, -0.2) is 26.3 Å². The highest BCUT2D eigenvalue weighted by Gasteiger charge is 2.09. The Hall–Kier alpha value is -4.31. The SMILES string of the molecule is COc1cc(OC)cc(C(=O)NN=Cc2ccccc2OCc2ccc(C#N)cc2)c1. The number of benzene rings is 3. The van der Waals surface area contributed by atoms with Gasteiger partial charge in [-0.1, -0.05) is 24.3 Å². The van der Waals surface area contributed by atoms with Crippen LogP contribution in [0.4, 0.5) is 0 Å². The maximum absolute atomic E-state index is 12.4. The van der Waals surface area contributed by atoms with Gasteiger partial charge in [-0.25, -0.2) is 5.43 Å². The lowest BCUT2D eigenvalue weighted by molar-refractivity contribution is 0.0954. The van der Waals surface area contributed by atoms with Crippen molar-refractivity contribution in [2.45, 2.75) is 6.61 Å². The van der Waals surface area contributed by atoms with E-state index in [0.717, 1.165) is 5.56 Å². The molecule has 0 bridgehead atoms. The van der Waals surface area contributed by atoms with Gasteiger partial charge in [0.25, 0.3) is 5.91 Å². The number of para-hydroxylation sites is 1. The largest absolute Gasteiger partial charge is 0.497 e. The summed E-state index contributed by atoms with van der Waals surface area (Å²) in [6, 6.07) is 21.5. The molecule has 7 nitrogen and oxygen atoms in total. The van der Waals surface area contributed by atoms with Gasteiger partial charge in [0.05, 0.1) is 32.1 Å². The van der Waals surface area contributed by atoms with Crippen molar-refractivity contribution < 1.29 is 19.0 Å². The highest BCUT2D eigenvalue weighted by atomic mass is 16.5. The Kier molecular flexibility index (Phi) is 7.22. The van der Waals surface area contributed by atoms with Crippen molar-refractivity contribution in [1.82, 2.24) is 5.43 Å². The Morgan fingerprint density at radius 3 is 2.35 bits per heavy atom. The average Bonchev–Trinajstić information content (AvgIpc) is 2.83. The van der Waals surface area contributed by atoms with E-state index in [1.54, 1.807) is 30.3 Å². The molecule has 0 saturated heterocycles. The number of rotatable bonds is 8. The van der Waals surface area contributed by atoms with Crippen LogP contribution in [0.1, 0.15) is 27.0 Å². The van der Waals surface area contributed by atoms with Gasteiger partial charge in [0.15, 0.2) is 0 Å². The molecule has 3 aromatic rings. The molecule has 31 heavy (non-hydrogen) atoms. The van der Waals surface area contributed by atoms with Gasteiger partial charge in [-0.15, -0.1) is 0 Å². The van der Waals surface area contributed by atoms with E-state index in [0.29, 0.717) is 40.5 Å². The van der Waals surface area contributed by atoms with Gasteiger partial charge in [0.1, 0.15) is 23.9 Å². The third-order valence-electron chi connectivity index (χ3n) is 4.38. The third-order valence-corrected chi connectivity index (χ3v) is 4.38. The first kappa shape index (κ1) is 21.4. The first-order valence-electron chi connectivity index (χ1n) is 9.40. The van der Waals surface area contributed by atoms with Crippen molar-refractivity contribution >= 4 is 12.1 Å². The van der Waals surface area contributed by atoms with Crippen molar-refractivity contribution in [2.24, 2.45) is 5.10 Å². The van der Waals surface area contributed by atoms with E-state index in [1.807, 2.05) is 36.4 Å². The lowest BCUT2D eigenvalue weighted by atomic mass is 10.1. The van der Waals surface area contributed by atoms with Crippen LogP contribution in [0, 0.1) is 11.3 Å². The van der Waals surface area contributed by atoms with Crippen molar-refractivity contribution in [3.8, 4) is 23.3 Å². The van der Waals surface area contributed by atoms with Crippen LogP contribution in [0.25, 0.3) is 0 Å². The summed E-state index contributed by atoms with van der Waals surface area (Å²) in [5, 5.41) is 12.9. The fourth-order valence-corrected chi connectivity index (χ4v) is 2.72. The molecule has 3 aromatic carbocycles. The van der Waals surface area contributed by atoms with Gasteiger partial charge >= 0.3 is 0 Å². The predicted molar refractivity (Wildman–Crippen MR) is 117 cm³/mol. The van der Waals surface area contributed by atoms with E-state index in [-0.39, 0.29) is 0 Å². The number of nitriles is 1. The molecule has 0 fully saturated rings. The van der Waals surface area contributed by atoms with Crippen LogP contribution in [0.5, 0.6) is 17.2 Å². The minimum atomic E-state index is -0.399. The summed E-state index contributed by atoms with van der Waals surface area (Å²) in [5.74, 6) is 1.24. The summed E-state index contributed by atoms with van der Waals surface area (Å²) >= 11 is 0. The minimum absolute atomic E-state index is 0.340. The second kappa shape index (κ2) is 10.5. The summed E-state index contributed by atoms with van der Waals surface area (Å²) in [7, 11) is 3.03. The summed E-state index contributed by atoms with van der Waals surface area (Å²) in [6.45, 7) is 0.340. The highest BCUT2D eigenvalue weighted by molar-refractivity contribution is 5.96. The molecule has 0 heterocycles. The second-order valence-corrected chi connectivity index (χ2v) is 6.44. The number of methoxy groups -OCH3 is 2. The van der Waals surface area contributed by atoms with Crippen LogP contribution in [0.3, 0.4) is 0 Å². The fraction of sp³-hybridized carbons (Fsp3) is 0.125. The monoisotopic (exact) mass is 415 g/mol. The molecule has 0 aliphatic heterocycles. The Labute approximate surface area is 180 Å². The van der Waals surface area contributed by atoms with E-state index < -0.39 is 5.91 Å². The molecule has 0 aromatic heterocycles. The molecule has 7 heteroatoms. The first-order chi connectivity index (χ1) is 15.1. The number of ether oxygens (including phenoxy) is 3. The number of hydrazone groups is 1. The number of hydrogen-bond donors (Lipinski definition) is 1. The number of carbonyl (C=O) groups is 1. The number of carbonyl (C=O) groups excluding carboxylic acids is 1. The van der Waals surface area contributed by atoms with Gasteiger partial charge in [-0.2, -0.15) is 10.4 Å². The highest BCUT2D eigenvalue weighted by Crippen LogP contribution is 2.22. The first-order valence-corrected chi connectivity index (χ1v) is 9.40. The van der Waals surface area contributed by atoms with Gasteiger partial charge in [-0.3, -0.25) is 4.79 Å². The van der Waals surface area contributed by atoms with E-state index in [2.05, 4.69) is 16.6 Å². The third kappa shape index (κ3) is 5.84. The summed E-state index contributed by atoms with van der Waals surface area (Å²) in [5.41, 5.74) is 5.10. The standard InChI is InChI=1S/C24H21N3O4/c1-29-21-11-20(12-22(13-21)30-2)24(28)27-26-15-19-5-3-4-6-23(19)31-16-18-9-7-17(14-25)8-10-18/h3-13,15H,16H2,1-2H3,(H,27,28). The van der Waals surface area contributed by atoms with Crippen LogP contribution >= 0.6 is 0 Å². The Bertz CT molecular complexity index is 1100. The van der Waals surface area contributed by atoms with E-state index in [1.165, 1.54) is 20.4 Å². The van der Waals surface area contributed by atoms with Crippen molar-refractivity contribution in [1.29, 1.82) is 5.26 Å². The lowest BCUT2D eigenvalue weighted by Gasteiger charge is -2.09. The second-order valence-electron chi connectivity index (χ2n) is 6.44. The molecule has 0 atom stereocenters. The number of nitrogens with zero attached hydrogens (tertiary/aromatic N) is 2. The van der Waals surface area contributed by atoms with Crippen molar-refractivity contribution in [3.63, 3.8) is 0 Å². The van der Waals surface area contributed by atoms with E-state index in [4.69, 9.17) is 19.5 Å². The molecule has 1 N–H and O–H groups in total. The van der Waals surface area contributed by atoms with Crippen molar-refractivity contribution in [3.05, 3.63) is 89.0 Å². The van der Waals surface area contributed by atoms with E-state index in [9.17, 15) is 4.79 Å². The molecule has 0 saturated carbocycles. The summed E-state index contributed by atoms with van der Waals surface area (Å²) in [6.07, 6.45) is 1.52. The quantitative estimate of drug-likeness (QED) is 0.445. The molecule has 0 radical (unpaired) electrons. The maximum Gasteiger partial charge on any atom is 0.271 e. The molecular weight excluding hydrogens is 394 g/mol. The predicted octanol–water partition coefficient (Wildman–Crippen LogP) is 3.92. The Morgan fingerprint density at radius 2 is 1.71 bits per heavy atom. The van der Waals surface area contributed by atoms with Crippen LogP contribution < -0.4 is 19.6 Å². The smallest absolute Gasteiger partial charge is 0.271 e. The molecule has 0 aliphatic rings. The molecular formula is C24H21N3O4. The maximum atomic E-state index is 12.4. The van der Waals surface area contributed by atoms with Crippen LogP contribution in [-0.2, 0) is 6.61 Å². The normalized spacial score (nSPS) is 10.4. The Morgan fingerprint density at radius 1 is 1.03 bits per heavy atom. The number of amides is 1. The van der Waals surface area contributed by atoms with Gasteiger partial charge in [0.2, 0.25) is 0 Å². The summed E-state index contributed by atoms with van der Waals surface area (Å²) < 4.78 is 16.2. The zero-order valence-electron chi connectivity index (χ0n) is 17.2. The molecule has 0 unspecified atom stereocenters. The van der Waals surface area contributed by atoms with Crippen molar-refractivity contribution in [2.75, 3.05) is 14.2 Å². The topological polar surface area (TPSA) is 92.9 Å². The molecule has 156 valence electrons. The molecule has 0 spiro atoms. The number of hydrogen-bond acceptors (Lipinski definition) is 6. The molecule has 3 rings (SSSR count). The zero-order valence-corrected chi connectivity index (χ0v) is 17.2. The molecule has 0 aliphatic carbocycles. The summed E-state index contributed by atoms with van der Waals surface area (Å²) in [4.78, 5) is 12.4. The minimum Gasteiger partial charge on any atom is -0.497 e. The fourth-order valence-electron chi connectivity index (χ4n) is 2.72. The number of nitrogens with one attached hydrogen (secondary N) is 1. The Balaban J connectivity index is 1.66. The molecule has 1 amide bonds.